The van der Waals surface area contributed by atoms with Gasteiger partial charge in [-0.25, -0.2) is 5.48 Å². The van der Waals surface area contributed by atoms with Gasteiger partial charge in [-0.1, -0.05) is 6.07 Å². The maximum atomic E-state index is 12.9. The number of amides is 2. The first kappa shape index (κ1) is 18.2. The van der Waals surface area contributed by atoms with Crippen molar-refractivity contribution in [3.63, 3.8) is 0 Å². The molecule has 24 heavy (non-hydrogen) atoms. The Morgan fingerprint density at radius 3 is 2.62 bits per heavy atom. The summed E-state index contributed by atoms with van der Waals surface area (Å²) in [7, 11) is 0. The standard InChI is InChI=1S/C17H24N2O5/c1-16(2,9-20)15(22)19-8-12-6-5-11(14(21)18-23)7-13(12)24-10-17(19,3)4/h5-7,20,23H,8-10H2,1-4H3,(H,18,21). The third-order valence-corrected chi connectivity index (χ3v) is 4.29. The Bertz CT molecular complexity index is 654. The van der Waals surface area contributed by atoms with Gasteiger partial charge in [-0.05, 0) is 39.8 Å². The number of ether oxygens (including phenoxy) is 1. The lowest BCUT2D eigenvalue weighted by molar-refractivity contribution is -0.149. The highest BCUT2D eigenvalue weighted by Gasteiger charge is 2.41. The number of aliphatic hydroxyl groups excluding tert-OH is 1. The molecule has 0 saturated heterocycles. The largest absolute Gasteiger partial charge is 0.491 e. The third-order valence-electron chi connectivity index (χ3n) is 4.29. The molecule has 0 atom stereocenters. The van der Waals surface area contributed by atoms with Crippen molar-refractivity contribution in [1.29, 1.82) is 0 Å². The Kier molecular flexibility index (Phi) is 4.87. The number of nitrogens with one attached hydrogen (secondary N) is 1. The molecule has 0 bridgehead atoms. The minimum Gasteiger partial charge on any atom is -0.491 e. The maximum absolute atomic E-state index is 12.9. The van der Waals surface area contributed by atoms with Crippen molar-refractivity contribution in [2.45, 2.75) is 39.8 Å². The van der Waals surface area contributed by atoms with Crippen LogP contribution in [0.4, 0.5) is 0 Å². The zero-order valence-electron chi connectivity index (χ0n) is 14.4. The van der Waals surface area contributed by atoms with Crippen molar-refractivity contribution in [3.8, 4) is 5.75 Å². The molecule has 1 aromatic rings. The molecule has 0 aliphatic carbocycles. The Balaban J connectivity index is 2.40. The summed E-state index contributed by atoms with van der Waals surface area (Å²) < 4.78 is 5.81. The average molecular weight is 336 g/mol. The lowest BCUT2D eigenvalue weighted by atomic mass is 9.89. The van der Waals surface area contributed by atoms with Gasteiger partial charge in [-0.2, -0.15) is 0 Å². The number of aliphatic hydroxyl groups is 1. The lowest BCUT2D eigenvalue weighted by Crippen LogP contribution is -2.54. The van der Waals surface area contributed by atoms with Crippen LogP contribution >= 0.6 is 0 Å². The van der Waals surface area contributed by atoms with Gasteiger partial charge in [-0.15, -0.1) is 0 Å². The Labute approximate surface area is 141 Å². The fourth-order valence-corrected chi connectivity index (χ4v) is 2.52. The van der Waals surface area contributed by atoms with Crippen molar-refractivity contribution >= 4 is 11.8 Å². The highest BCUT2D eigenvalue weighted by Crippen LogP contribution is 2.33. The SMILES string of the molecule is CC(C)(CO)C(=O)N1Cc2ccc(C(=O)NO)cc2OCC1(C)C. The lowest BCUT2D eigenvalue weighted by Gasteiger charge is -2.40. The molecule has 0 radical (unpaired) electrons. The molecule has 0 unspecified atom stereocenters. The second-order valence-corrected chi connectivity index (χ2v) is 7.30. The first-order valence-corrected chi connectivity index (χ1v) is 7.75. The van der Waals surface area contributed by atoms with Gasteiger partial charge < -0.3 is 14.7 Å². The van der Waals surface area contributed by atoms with E-state index >= 15 is 0 Å². The van der Waals surface area contributed by atoms with Gasteiger partial charge >= 0.3 is 0 Å². The summed E-state index contributed by atoms with van der Waals surface area (Å²) in [6, 6.07) is 4.81. The highest BCUT2D eigenvalue weighted by molar-refractivity contribution is 5.94. The van der Waals surface area contributed by atoms with E-state index in [1.807, 2.05) is 13.8 Å². The van der Waals surface area contributed by atoms with Gasteiger partial charge in [0.15, 0.2) is 0 Å². The van der Waals surface area contributed by atoms with E-state index in [2.05, 4.69) is 0 Å². The summed E-state index contributed by atoms with van der Waals surface area (Å²) in [5.41, 5.74) is 1.15. The molecule has 1 heterocycles. The van der Waals surface area contributed by atoms with E-state index in [1.54, 1.807) is 42.4 Å². The van der Waals surface area contributed by atoms with Crippen molar-refractivity contribution in [1.82, 2.24) is 10.4 Å². The second-order valence-electron chi connectivity index (χ2n) is 7.30. The van der Waals surface area contributed by atoms with Gasteiger partial charge in [-0.3, -0.25) is 14.8 Å². The van der Waals surface area contributed by atoms with Crippen LogP contribution in [0.5, 0.6) is 5.75 Å². The molecule has 1 aromatic carbocycles. The minimum atomic E-state index is -0.890. The Morgan fingerprint density at radius 1 is 1.38 bits per heavy atom. The van der Waals surface area contributed by atoms with Gasteiger partial charge in [0, 0.05) is 17.7 Å². The number of hydroxylamine groups is 1. The zero-order valence-corrected chi connectivity index (χ0v) is 14.4. The molecule has 0 spiro atoms. The summed E-state index contributed by atoms with van der Waals surface area (Å²) >= 11 is 0. The van der Waals surface area contributed by atoms with Crippen LogP contribution in [0.15, 0.2) is 18.2 Å². The molecule has 0 aromatic heterocycles. The zero-order chi connectivity index (χ0) is 18.1. The minimum absolute atomic E-state index is 0.163. The molecule has 7 heteroatoms. The van der Waals surface area contributed by atoms with Crippen molar-refractivity contribution in [2.75, 3.05) is 13.2 Å². The Morgan fingerprint density at radius 2 is 2.04 bits per heavy atom. The van der Waals surface area contributed by atoms with E-state index in [9.17, 15) is 14.7 Å². The van der Waals surface area contributed by atoms with Gasteiger partial charge in [0.05, 0.1) is 17.6 Å². The van der Waals surface area contributed by atoms with E-state index in [-0.39, 0.29) is 24.7 Å². The summed E-state index contributed by atoms with van der Waals surface area (Å²) in [6.45, 7) is 7.50. The summed E-state index contributed by atoms with van der Waals surface area (Å²) in [4.78, 5) is 26.1. The summed E-state index contributed by atoms with van der Waals surface area (Å²) in [5, 5.41) is 18.3. The topological polar surface area (TPSA) is 99.1 Å². The predicted molar refractivity (Wildman–Crippen MR) is 86.7 cm³/mol. The Hall–Kier alpha value is -2.12. The molecule has 7 nitrogen and oxygen atoms in total. The predicted octanol–water partition coefficient (Wildman–Crippen LogP) is 1.32. The quantitative estimate of drug-likeness (QED) is 0.571. The van der Waals surface area contributed by atoms with Crippen LogP contribution in [0, 0.1) is 5.41 Å². The van der Waals surface area contributed by atoms with Gasteiger partial charge in [0.25, 0.3) is 5.91 Å². The average Bonchev–Trinajstić information content (AvgIpc) is 2.69. The number of rotatable bonds is 3. The number of carbonyl (C=O) groups is 2. The number of hydrogen-bond acceptors (Lipinski definition) is 5. The highest BCUT2D eigenvalue weighted by atomic mass is 16.5. The molecular weight excluding hydrogens is 312 g/mol. The first-order valence-electron chi connectivity index (χ1n) is 7.75. The van der Waals surface area contributed by atoms with Crippen LogP contribution in [0.3, 0.4) is 0 Å². The van der Waals surface area contributed by atoms with Crippen LogP contribution in [-0.2, 0) is 11.3 Å². The van der Waals surface area contributed by atoms with Crippen molar-refractivity contribution < 1.29 is 24.6 Å². The summed E-state index contributed by atoms with van der Waals surface area (Å²) in [5.74, 6) is -0.288. The molecular formula is C17H24N2O5. The monoisotopic (exact) mass is 336 g/mol. The van der Waals surface area contributed by atoms with E-state index in [4.69, 9.17) is 9.94 Å². The first-order chi connectivity index (χ1) is 11.1. The summed E-state index contributed by atoms with van der Waals surface area (Å²) in [6.07, 6.45) is 0. The molecule has 3 N–H and O–H groups in total. The van der Waals surface area contributed by atoms with E-state index in [0.29, 0.717) is 12.3 Å². The van der Waals surface area contributed by atoms with Crippen LogP contribution < -0.4 is 10.2 Å². The molecule has 1 aliphatic heterocycles. The number of carbonyl (C=O) groups excluding carboxylic acids is 2. The van der Waals surface area contributed by atoms with Crippen LogP contribution in [-0.4, -0.2) is 45.8 Å². The molecule has 1 aliphatic rings. The van der Waals surface area contributed by atoms with Crippen LogP contribution in [0.25, 0.3) is 0 Å². The van der Waals surface area contributed by atoms with Crippen molar-refractivity contribution in [3.05, 3.63) is 29.3 Å². The van der Waals surface area contributed by atoms with E-state index < -0.39 is 16.9 Å². The van der Waals surface area contributed by atoms with Gasteiger partial charge in [0.2, 0.25) is 5.91 Å². The number of nitrogens with zero attached hydrogens (tertiary/aromatic N) is 1. The molecule has 0 fully saturated rings. The molecule has 132 valence electrons. The van der Waals surface area contributed by atoms with Crippen molar-refractivity contribution in [2.24, 2.45) is 5.41 Å². The van der Waals surface area contributed by atoms with Crippen LogP contribution in [0.1, 0.15) is 43.6 Å². The maximum Gasteiger partial charge on any atom is 0.274 e. The fourth-order valence-electron chi connectivity index (χ4n) is 2.52. The normalized spacial score (nSPS) is 16.7. The number of fused-ring (bicyclic) bond motifs is 1. The third kappa shape index (κ3) is 3.37. The van der Waals surface area contributed by atoms with Gasteiger partial charge in [0.1, 0.15) is 12.4 Å². The molecule has 0 saturated carbocycles. The smallest absolute Gasteiger partial charge is 0.274 e. The molecule has 2 amide bonds. The van der Waals surface area contributed by atoms with Crippen LogP contribution in [0.2, 0.25) is 0 Å². The van der Waals surface area contributed by atoms with E-state index in [0.717, 1.165) is 5.56 Å². The fraction of sp³-hybridized carbons (Fsp3) is 0.529. The van der Waals surface area contributed by atoms with E-state index in [1.165, 1.54) is 0 Å². The number of benzene rings is 1. The molecule has 2 rings (SSSR count). The second kappa shape index (κ2) is 6.41. The number of hydrogen-bond donors (Lipinski definition) is 3.